The van der Waals surface area contributed by atoms with Crippen LogP contribution in [0.1, 0.15) is 71.6 Å². The first-order valence-electron chi connectivity index (χ1n) is 11.5. The highest BCUT2D eigenvalue weighted by atomic mass is 16.6. The monoisotopic (exact) mass is 392 g/mol. The fraction of sp³-hybridized carbons (Fsp3) is 0.913. The lowest BCUT2D eigenvalue weighted by Crippen LogP contribution is -2.27. The summed E-state index contributed by atoms with van der Waals surface area (Å²) in [6, 6.07) is 0. The first-order chi connectivity index (χ1) is 13.5. The Morgan fingerprint density at radius 1 is 0.750 bits per heavy atom. The third-order valence-electron chi connectivity index (χ3n) is 7.71. The van der Waals surface area contributed by atoms with Crippen LogP contribution in [0.2, 0.25) is 0 Å². The molecule has 0 amide bonds. The second-order valence-electron chi connectivity index (χ2n) is 9.96. The van der Waals surface area contributed by atoms with Crippen LogP contribution in [0, 0.1) is 35.5 Å². The molecule has 0 radical (unpaired) electrons. The average molecular weight is 393 g/mol. The summed E-state index contributed by atoms with van der Waals surface area (Å²) in [7, 11) is 0. The third kappa shape index (κ3) is 5.28. The van der Waals surface area contributed by atoms with Crippen molar-refractivity contribution in [3.8, 4) is 0 Å². The molecule has 5 heteroatoms. The van der Waals surface area contributed by atoms with Crippen LogP contribution in [-0.4, -0.2) is 37.4 Å². The minimum absolute atomic E-state index is 0.117. The Balaban J connectivity index is 1.02. The molecule has 0 spiro atoms. The van der Waals surface area contributed by atoms with E-state index in [0.717, 1.165) is 24.7 Å². The number of carbonyl (C=O) groups excluding carboxylic acids is 2. The van der Waals surface area contributed by atoms with Crippen LogP contribution in [0.5, 0.6) is 0 Å². The highest BCUT2D eigenvalue weighted by Gasteiger charge is 2.47. The predicted molar refractivity (Wildman–Crippen MR) is 104 cm³/mol. The molecule has 1 heterocycles. The molecule has 0 aromatic heterocycles. The Kier molecular flexibility index (Phi) is 6.29. The van der Waals surface area contributed by atoms with E-state index in [1.54, 1.807) is 0 Å². The van der Waals surface area contributed by atoms with Crippen LogP contribution in [0.3, 0.4) is 0 Å². The van der Waals surface area contributed by atoms with Crippen LogP contribution in [0.25, 0.3) is 0 Å². The van der Waals surface area contributed by atoms with Gasteiger partial charge in [0.2, 0.25) is 0 Å². The molecule has 4 aliphatic rings. The van der Waals surface area contributed by atoms with Gasteiger partial charge in [0.25, 0.3) is 0 Å². The maximum Gasteiger partial charge on any atom is 0.305 e. The topological polar surface area (TPSA) is 65.1 Å². The van der Waals surface area contributed by atoms with Crippen LogP contribution in [0.4, 0.5) is 0 Å². The molecule has 3 aliphatic carbocycles. The van der Waals surface area contributed by atoms with Crippen molar-refractivity contribution in [3.63, 3.8) is 0 Å². The minimum Gasteiger partial charge on any atom is -0.465 e. The number of hydrogen-bond acceptors (Lipinski definition) is 5. The number of esters is 2. The zero-order valence-electron chi connectivity index (χ0n) is 17.4. The predicted octanol–water partition coefficient (Wildman–Crippen LogP) is 4.13. The van der Waals surface area contributed by atoms with Gasteiger partial charge in [0.1, 0.15) is 0 Å². The molecule has 4 fully saturated rings. The summed E-state index contributed by atoms with van der Waals surface area (Å²) in [5, 5.41) is 0. The van der Waals surface area contributed by atoms with Crippen LogP contribution < -0.4 is 0 Å². The first-order valence-corrected chi connectivity index (χ1v) is 11.5. The smallest absolute Gasteiger partial charge is 0.305 e. The van der Waals surface area contributed by atoms with Crippen molar-refractivity contribution >= 4 is 11.9 Å². The van der Waals surface area contributed by atoms with Crippen molar-refractivity contribution in [2.45, 2.75) is 83.8 Å². The fourth-order valence-electron chi connectivity index (χ4n) is 5.41. The lowest BCUT2D eigenvalue weighted by atomic mass is 9.81. The summed E-state index contributed by atoms with van der Waals surface area (Å²) in [4.78, 5) is 23.9. The van der Waals surface area contributed by atoms with Crippen molar-refractivity contribution in [3.05, 3.63) is 0 Å². The summed E-state index contributed by atoms with van der Waals surface area (Å²) >= 11 is 0. The molecule has 3 saturated carbocycles. The quantitative estimate of drug-likeness (QED) is 0.335. The van der Waals surface area contributed by atoms with Gasteiger partial charge in [0.15, 0.2) is 0 Å². The summed E-state index contributed by atoms with van der Waals surface area (Å²) in [5.41, 5.74) is 0. The maximum absolute atomic E-state index is 12.0. The summed E-state index contributed by atoms with van der Waals surface area (Å²) in [6.45, 7) is 5.61. The highest BCUT2D eigenvalue weighted by molar-refractivity contribution is 5.70. The lowest BCUT2D eigenvalue weighted by molar-refractivity contribution is -0.148. The molecule has 0 bridgehead atoms. The van der Waals surface area contributed by atoms with E-state index >= 15 is 0 Å². The van der Waals surface area contributed by atoms with E-state index < -0.39 is 0 Å². The maximum atomic E-state index is 12.0. The summed E-state index contributed by atoms with van der Waals surface area (Å²) < 4.78 is 16.6. The van der Waals surface area contributed by atoms with E-state index in [1.165, 1.54) is 19.3 Å². The van der Waals surface area contributed by atoms with Gasteiger partial charge < -0.3 is 14.2 Å². The number of carbonyl (C=O) groups is 2. The van der Waals surface area contributed by atoms with E-state index in [-0.39, 0.29) is 11.9 Å². The molecule has 0 aromatic rings. The largest absolute Gasteiger partial charge is 0.465 e. The lowest BCUT2D eigenvalue weighted by Gasteiger charge is -2.27. The molecule has 0 aromatic carbocycles. The fourth-order valence-corrected chi connectivity index (χ4v) is 5.41. The molecule has 0 N–H and O–H groups in total. The number of hydrogen-bond donors (Lipinski definition) is 0. The van der Waals surface area contributed by atoms with E-state index in [2.05, 4.69) is 13.8 Å². The van der Waals surface area contributed by atoms with E-state index in [9.17, 15) is 9.59 Å². The van der Waals surface area contributed by atoms with Gasteiger partial charge in [-0.25, -0.2) is 0 Å². The van der Waals surface area contributed by atoms with Crippen molar-refractivity contribution in [2.24, 2.45) is 35.5 Å². The number of fused-ring (bicyclic) bond motifs is 2. The Morgan fingerprint density at radius 2 is 1.29 bits per heavy atom. The zero-order chi connectivity index (χ0) is 19.7. The van der Waals surface area contributed by atoms with Gasteiger partial charge in [0.05, 0.1) is 25.4 Å². The highest BCUT2D eigenvalue weighted by Crippen LogP contribution is 2.53. The van der Waals surface area contributed by atoms with Gasteiger partial charge in [0, 0.05) is 12.8 Å². The number of rotatable bonds is 9. The average Bonchev–Trinajstić information content (AvgIpc) is 3.57. The molecule has 1 saturated heterocycles. The molecule has 1 aliphatic heterocycles. The number of ether oxygens (including phenoxy) is 3. The van der Waals surface area contributed by atoms with Gasteiger partial charge >= 0.3 is 11.9 Å². The van der Waals surface area contributed by atoms with E-state index in [4.69, 9.17) is 14.2 Å². The Morgan fingerprint density at radius 3 is 1.96 bits per heavy atom. The Hall–Kier alpha value is -1.10. The molecule has 28 heavy (non-hydrogen) atoms. The van der Waals surface area contributed by atoms with Gasteiger partial charge in [-0.2, -0.15) is 0 Å². The zero-order valence-corrected chi connectivity index (χ0v) is 17.4. The standard InChI is InChI=1S/C23H36O5/c1-14-7-16-9-17(16)10-18(14)12-26-22(24)5-3-4-6-23(25)27-13-19-11-21-20(28-21)8-15(19)2/h14-21H,3-13H2,1-2H3. The number of unbranched alkanes of at least 4 members (excludes halogenated alkanes) is 1. The summed E-state index contributed by atoms with van der Waals surface area (Å²) in [5.74, 6) is 3.81. The Labute approximate surface area is 168 Å². The molecular weight excluding hydrogens is 356 g/mol. The molecule has 4 rings (SSSR count). The van der Waals surface area contributed by atoms with Gasteiger partial charge in [-0.1, -0.05) is 13.8 Å². The second kappa shape index (κ2) is 8.73. The molecule has 8 atom stereocenters. The normalized spacial score (nSPS) is 40.8. The van der Waals surface area contributed by atoms with Crippen molar-refractivity contribution in [1.82, 2.24) is 0 Å². The SMILES string of the molecule is CC1CC2CC2CC1COC(=O)CCCCC(=O)OCC1CC2OC2CC1C. The molecule has 5 nitrogen and oxygen atoms in total. The molecular formula is C23H36O5. The van der Waals surface area contributed by atoms with Gasteiger partial charge in [-0.15, -0.1) is 0 Å². The van der Waals surface area contributed by atoms with Crippen molar-refractivity contribution < 1.29 is 23.8 Å². The third-order valence-corrected chi connectivity index (χ3v) is 7.71. The molecule has 8 unspecified atom stereocenters. The van der Waals surface area contributed by atoms with Crippen LogP contribution >= 0.6 is 0 Å². The van der Waals surface area contributed by atoms with Crippen LogP contribution in [0.15, 0.2) is 0 Å². The Bertz CT molecular complexity index is 525. The van der Waals surface area contributed by atoms with Crippen molar-refractivity contribution in [1.29, 1.82) is 0 Å². The van der Waals surface area contributed by atoms with E-state index in [1.807, 2.05) is 0 Å². The van der Waals surface area contributed by atoms with Crippen LogP contribution in [-0.2, 0) is 23.8 Å². The van der Waals surface area contributed by atoms with Gasteiger partial charge in [-0.3, -0.25) is 9.59 Å². The number of epoxide rings is 1. The van der Waals surface area contributed by atoms with Gasteiger partial charge in [-0.05, 0) is 80.5 Å². The minimum atomic E-state index is -0.144. The first kappa shape index (κ1) is 20.2. The summed E-state index contributed by atoms with van der Waals surface area (Å²) in [6.07, 6.45) is 9.09. The van der Waals surface area contributed by atoms with Crippen molar-refractivity contribution in [2.75, 3.05) is 13.2 Å². The molecule has 158 valence electrons. The second-order valence-corrected chi connectivity index (χ2v) is 9.96. The van der Waals surface area contributed by atoms with E-state index in [0.29, 0.717) is 74.8 Å².